The van der Waals surface area contributed by atoms with Crippen LogP contribution < -0.4 is 10.6 Å². The zero-order valence-electron chi connectivity index (χ0n) is 11.5. The summed E-state index contributed by atoms with van der Waals surface area (Å²) in [7, 11) is 4.08. The van der Waals surface area contributed by atoms with Crippen molar-refractivity contribution in [3.63, 3.8) is 0 Å². The number of hydrogen-bond acceptors (Lipinski definition) is 5. The van der Waals surface area contributed by atoms with E-state index in [0.29, 0.717) is 0 Å². The molecule has 0 bridgehead atoms. The molecule has 2 N–H and O–H groups in total. The van der Waals surface area contributed by atoms with Gasteiger partial charge in [-0.3, -0.25) is 0 Å². The van der Waals surface area contributed by atoms with Crippen molar-refractivity contribution >= 4 is 11.6 Å². The van der Waals surface area contributed by atoms with Crippen LogP contribution >= 0.6 is 0 Å². The van der Waals surface area contributed by atoms with E-state index in [4.69, 9.17) is 0 Å². The predicted octanol–water partition coefficient (Wildman–Crippen LogP) is 1.44. The van der Waals surface area contributed by atoms with Crippen molar-refractivity contribution in [2.75, 3.05) is 44.4 Å². The van der Waals surface area contributed by atoms with Crippen molar-refractivity contribution in [1.29, 1.82) is 0 Å². The van der Waals surface area contributed by atoms with Crippen molar-refractivity contribution in [2.24, 2.45) is 5.92 Å². The molecule has 0 spiro atoms. The number of anilines is 2. The van der Waals surface area contributed by atoms with Crippen LogP contribution in [0.1, 0.15) is 18.9 Å². The van der Waals surface area contributed by atoms with E-state index < -0.39 is 0 Å². The summed E-state index contributed by atoms with van der Waals surface area (Å²) >= 11 is 0. The Bertz CT molecular complexity index is 393. The fourth-order valence-electron chi connectivity index (χ4n) is 2.55. The first-order valence-corrected chi connectivity index (χ1v) is 6.68. The molecule has 0 amide bonds. The lowest BCUT2D eigenvalue weighted by atomic mass is 10.1. The Kier molecular flexibility index (Phi) is 4.36. The molecule has 1 aliphatic rings. The first kappa shape index (κ1) is 13.1. The fraction of sp³-hybridized carbons (Fsp3) is 0.692. The smallest absolute Gasteiger partial charge is 0.134 e. The molecule has 0 aliphatic carbocycles. The van der Waals surface area contributed by atoms with Crippen molar-refractivity contribution in [3.05, 3.63) is 11.9 Å². The van der Waals surface area contributed by atoms with Gasteiger partial charge in [-0.1, -0.05) is 6.92 Å². The number of hydrogen-bond donors (Lipinski definition) is 2. The van der Waals surface area contributed by atoms with Gasteiger partial charge in [-0.25, -0.2) is 9.97 Å². The van der Waals surface area contributed by atoms with E-state index in [0.717, 1.165) is 30.5 Å². The summed E-state index contributed by atoms with van der Waals surface area (Å²) in [4.78, 5) is 11.0. The molecule has 1 aromatic rings. The van der Waals surface area contributed by atoms with E-state index in [1.165, 1.54) is 25.1 Å². The lowest BCUT2D eigenvalue weighted by Crippen LogP contribution is -2.20. The average molecular weight is 249 g/mol. The Balaban J connectivity index is 2.00. The standard InChI is InChI=1S/C13H23N5/c1-4-11-12(14-2)16-9-17-13(11)15-7-10-5-6-18(3)8-10/h9-10H,4-8H2,1-3H3,(H2,14,15,16,17). The first-order chi connectivity index (χ1) is 8.74. The molecule has 1 saturated heterocycles. The molecule has 0 saturated carbocycles. The van der Waals surface area contributed by atoms with E-state index in [9.17, 15) is 0 Å². The predicted molar refractivity (Wildman–Crippen MR) is 75.1 cm³/mol. The molecule has 100 valence electrons. The molecular weight excluding hydrogens is 226 g/mol. The molecular formula is C13H23N5. The minimum atomic E-state index is 0.729. The lowest BCUT2D eigenvalue weighted by molar-refractivity contribution is 0.399. The summed E-state index contributed by atoms with van der Waals surface area (Å²) in [5, 5.41) is 6.61. The van der Waals surface area contributed by atoms with Gasteiger partial charge >= 0.3 is 0 Å². The highest BCUT2D eigenvalue weighted by Crippen LogP contribution is 2.21. The van der Waals surface area contributed by atoms with E-state index in [1.807, 2.05) is 7.05 Å². The van der Waals surface area contributed by atoms with E-state index in [2.05, 4.69) is 39.5 Å². The van der Waals surface area contributed by atoms with Crippen LogP contribution in [0.15, 0.2) is 6.33 Å². The van der Waals surface area contributed by atoms with Crippen LogP contribution in [-0.2, 0) is 6.42 Å². The first-order valence-electron chi connectivity index (χ1n) is 6.68. The number of rotatable bonds is 5. The van der Waals surface area contributed by atoms with Gasteiger partial charge in [0.25, 0.3) is 0 Å². The Morgan fingerprint density at radius 3 is 2.78 bits per heavy atom. The molecule has 2 rings (SSSR count). The maximum Gasteiger partial charge on any atom is 0.134 e. The van der Waals surface area contributed by atoms with Crippen LogP contribution in [0, 0.1) is 5.92 Å². The summed E-state index contributed by atoms with van der Waals surface area (Å²) in [6.07, 6.45) is 3.83. The highest BCUT2D eigenvalue weighted by Gasteiger charge is 2.19. The zero-order chi connectivity index (χ0) is 13.0. The highest BCUT2D eigenvalue weighted by molar-refractivity contribution is 5.57. The summed E-state index contributed by atoms with van der Waals surface area (Å²) in [6, 6.07) is 0. The average Bonchev–Trinajstić information content (AvgIpc) is 2.81. The molecule has 1 fully saturated rings. The van der Waals surface area contributed by atoms with Gasteiger partial charge in [0.15, 0.2) is 0 Å². The van der Waals surface area contributed by atoms with Gasteiger partial charge in [-0.15, -0.1) is 0 Å². The summed E-state index contributed by atoms with van der Waals surface area (Å²) in [5.41, 5.74) is 1.17. The second-order valence-corrected chi connectivity index (χ2v) is 4.95. The number of nitrogens with zero attached hydrogens (tertiary/aromatic N) is 3. The molecule has 1 aliphatic heterocycles. The molecule has 1 aromatic heterocycles. The quantitative estimate of drug-likeness (QED) is 0.827. The normalized spacial score (nSPS) is 20.1. The number of nitrogens with one attached hydrogen (secondary N) is 2. The van der Waals surface area contributed by atoms with Gasteiger partial charge < -0.3 is 15.5 Å². The summed E-state index contributed by atoms with van der Waals surface area (Å²) in [6.45, 7) is 5.52. The molecule has 5 heteroatoms. The molecule has 1 atom stereocenters. The third-order valence-electron chi connectivity index (χ3n) is 3.58. The SMILES string of the molecule is CCc1c(NC)ncnc1NCC1CCN(C)C1. The third kappa shape index (κ3) is 2.90. The molecule has 5 nitrogen and oxygen atoms in total. The van der Waals surface area contributed by atoms with Gasteiger partial charge in [-0.05, 0) is 32.4 Å². The van der Waals surface area contributed by atoms with Crippen molar-refractivity contribution in [2.45, 2.75) is 19.8 Å². The molecule has 0 radical (unpaired) electrons. The maximum atomic E-state index is 4.36. The number of likely N-dealkylation sites (tertiary alicyclic amines) is 1. The molecule has 0 aromatic carbocycles. The van der Waals surface area contributed by atoms with E-state index in [-0.39, 0.29) is 0 Å². The maximum absolute atomic E-state index is 4.36. The van der Waals surface area contributed by atoms with Crippen molar-refractivity contribution < 1.29 is 0 Å². The van der Waals surface area contributed by atoms with Gasteiger partial charge in [0.1, 0.15) is 18.0 Å². The van der Waals surface area contributed by atoms with Crippen LogP contribution in [0.3, 0.4) is 0 Å². The van der Waals surface area contributed by atoms with Crippen LogP contribution in [-0.4, -0.2) is 48.6 Å². The molecule has 18 heavy (non-hydrogen) atoms. The van der Waals surface area contributed by atoms with E-state index >= 15 is 0 Å². The molecule has 2 heterocycles. The monoisotopic (exact) mass is 249 g/mol. The number of aromatic nitrogens is 2. The second kappa shape index (κ2) is 6.00. The minimum absolute atomic E-state index is 0.729. The Labute approximate surface area is 109 Å². The minimum Gasteiger partial charge on any atom is -0.373 e. The molecule has 1 unspecified atom stereocenters. The highest BCUT2D eigenvalue weighted by atomic mass is 15.1. The van der Waals surface area contributed by atoms with Gasteiger partial charge in [-0.2, -0.15) is 0 Å². The van der Waals surface area contributed by atoms with Crippen LogP contribution in [0.25, 0.3) is 0 Å². The summed E-state index contributed by atoms with van der Waals surface area (Å²) < 4.78 is 0. The van der Waals surface area contributed by atoms with Gasteiger partial charge in [0.05, 0.1) is 0 Å². The van der Waals surface area contributed by atoms with Gasteiger partial charge in [0.2, 0.25) is 0 Å². The van der Waals surface area contributed by atoms with Crippen molar-refractivity contribution in [1.82, 2.24) is 14.9 Å². The van der Waals surface area contributed by atoms with Crippen LogP contribution in [0.4, 0.5) is 11.6 Å². The largest absolute Gasteiger partial charge is 0.373 e. The lowest BCUT2D eigenvalue weighted by Gasteiger charge is -2.15. The summed E-state index contributed by atoms with van der Waals surface area (Å²) in [5.74, 6) is 2.64. The Hall–Kier alpha value is -1.36. The van der Waals surface area contributed by atoms with Crippen LogP contribution in [0.2, 0.25) is 0 Å². The zero-order valence-corrected chi connectivity index (χ0v) is 11.5. The van der Waals surface area contributed by atoms with E-state index in [1.54, 1.807) is 6.33 Å². The topological polar surface area (TPSA) is 53.1 Å². The van der Waals surface area contributed by atoms with Crippen molar-refractivity contribution in [3.8, 4) is 0 Å². The van der Waals surface area contributed by atoms with Crippen LogP contribution in [0.5, 0.6) is 0 Å². The second-order valence-electron chi connectivity index (χ2n) is 4.95. The fourth-order valence-corrected chi connectivity index (χ4v) is 2.55. The third-order valence-corrected chi connectivity index (χ3v) is 3.58. The Morgan fingerprint density at radius 2 is 2.17 bits per heavy atom. The Morgan fingerprint density at radius 1 is 1.39 bits per heavy atom. The van der Waals surface area contributed by atoms with Gasteiger partial charge in [0, 0.05) is 25.7 Å².